The lowest BCUT2D eigenvalue weighted by Crippen LogP contribution is -2.12. The predicted octanol–water partition coefficient (Wildman–Crippen LogP) is 2.50. The summed E-state index contributed by atoms with van der Waals surface area (Å²) in [6.07, 6.45) is 5.06. The molecule has 0 amide bonds. The third kappa shape index (κ3) is 3.52. The average molecular weight is 285 g/mol. The van der Waals surface area contributed by atoms with E-state index in [1.807, 2.05) is 6.20 Å². The molecule has 21 heavy (non-hydrogen) atoms. The Morgan fingerprint density at radius 3 is 2.95 bits per heavy atom. The van der Waals surface area contributed by atoms with E-state index in [0.717, 1.165) is 38.5 Å². The summed E-state index contributed by atoms with van der Waals surface area (Å²) in [4.78, 5) is 6.73. The van der Waals surface area contributed by atoms with Crippen molar-refractivity contribution in [2.24, 2.45) is 0 Å². The molecule has 0 N–H and O–H groups in total. The lowest BCUT2D eigenvalue weighted by molar-refractivity contribution is 0.192. The van der Waals surface area contributed by atoms with E-state index in [0.29, 0.717) is 5.92 Å². The van der Waals surface area contributed by atoms with Crippen LogP contribution >= 0.6 is 0 Å². The number of benzene rings is 1. The van der Waals surface area contributed by atoms with Gasteiger partial charge >= 0.3 is 0 Å². The largest absolute Gasteiger partial charge is 0.381 e. The zero-order valence-corrected chi connectivity index (χ0v) is 12.8. The van der Waals surface area contributed by atoms with Crippen LogP contribution in [0.1, 0.15) is 29.3 Å². The zero-order valence-electron chi connectivity index (χ0n) is 12.8. The quantitative estimate of drug-likeness (QED) is 0.845. The molecule has 4 heteroatoms. The molecule has 2 aromatic rings. The van der Waals surface area contributed by atoms with Gasteiger partial charge in [0.25, 0.3) is 0 Å². The first-order chi connectivity index (χ1) is 10.2. The Balaban J connectivity index is 1.76. The zero-order chi connectivity index (χ0) is 14.7. The fourth-order valence-corrected chi connectivity index (χ4v) is 2.94. The van der Waals surface area contributed by atoms with Gasteiger partial charge in [-0.15, -0.1) is 0 Å². The molecule has 1 aromatic heterocycles. The Labute approximate surface area is 126 Å². The molecule has 1 unspecified atom stereocenters. The van der Waals surface area contributed by atoms with Gasteiger partial charge in [0.1, 0.15) is 5.82 Å². The van der Waals surface area contributed by atoms with E-state index in [1.54, 1.807) is 0 Å². The summed E-state index contributed by atoms with van der Waals surface area (Å²) in [6, 6.07) is 8.80. The van der Waals surface area contributed by atoms with Crippen molar-refractivity contribution in [2.45, 2.75) is 25.4 Å². The minimum atomic E-state index is 0.449. The number of ether oxygens (including phenoxy) is 1. The van der Waals surface area contributed by atoms with Crippen LogP contribution in [-0.4, -0.2) is 41.8 Å². The minimum Gasteiger partial charge on any atom is -0.381 e. The van der Waals surface area contributed by atoms with Crippen molar-refractivity contribution in [3.05, 3.63) is 53.6 Å². The van der Waals surface area contributed by atoms with Crippen LogP contribution in [0.2, 0.25) is 0 Å². The highest BCUT2D eigenvalue weighted by Gasteiger charge is 2.22. The predicted molar refractivity (Wildman–Crippen MR) is 83.3 cm³/mol. The number of hydrogen-bond acceptors (Lipinski definition) is 3. The summed E-state index contributed by atoms with van der Waals surface area (Å²) in [7, 11) is 4.20. The van der Waals surface area contributed by atoms with E-state index in [9.17, 15) is 0 Å². The van der Waals surface area contributed by atoms with Gasteiger partial charge in [0.2, 0.25) is 0 Å². The van der Waals surface area contributed by atoms with Crippen LogP contribution in [0.5, 0.6) is 0 Å². The molecule has 1 saturated heterocycles. The van der Waals surface area contributed by atoms with Crippen molar-refractivity contribution in [3.63, 3.8) is 0 Å². The molecule has 0 saturated carbocycles. The third-order valence-corrected chi connectivity index (χ3v) is 3.89. The number of nitrogens with zero attached hydrogens (tertiary/aromatic N) is 3. The number of aromatic nitrogens is 2. The maximum Gasteiger partial charge on any atom is 0.114 e. The standard InChI is InChI=1S/C17H23N3O/c1-19(2)11-14-4-3-5-15(10-14)12-20-8-7-18-17(20)16-6-9-21-13-16/h3-5,7-8,10,16H,6,9,11-13H2,1-2H3. The Morgan fingerprint density at radius 1 is 1.33 bits per heavy atom. The van der Waals surface area contributed by atoms with Gasteiger partial charge < -0.3 is 14.2 Å². The molecule has 1 aliphatic rings. The van der Waals surface area contributed by atoms with Gasteiger partial charge in [0.15, 0.2) is 0 Å². The van der Waals surface area contributed by atoms with Gasteiger partial charge in [0, 0.05) is 38.0 Å². The summed E-state index contributed by atoms with van der Waals surface area (Å²) in [6.45, 7) is 3.52. The van der Waals surface area contributed by atoms with Crippen LogP contribution in [0.3, 0.4) is 0 Å². The lowest BCUT2D eigenvalue weighted by atomic mass is 10.1. The average Bonchev–Trinajstić information content (AvgIpc) is 3.08. The molecule has 1 aromatic carbocycles. The normalized spacial score (nSPS) is 18.5. The van der Waals surface area contributed by atoms with Crippen molar-refractivity contribution in [2.75, 3.05) is 27.3 Å². The Kier molecular flexibility index (Phi) is 4.36. The van der Waals surface area contributed by atoms with Crippen molar-refractivity contribution in [1.82, 2.24) is 14.5 Å². The summed E-state index contributed by atoms with van der Waals surface area (Å²) in [5.41, 5.74) is 2.68. The van der Waals surface area contributed by atoms with E-state index in [4.69, 9.17) is 4.74 Å². The fourth-order valence-electron chi connectivity index (χ4n) is 2.94. The van der Waals surface area contributed by atoms with E-state index < -0.39 is 0 Å². The highest BCUT2D eigenvalue weighted by Crippen LogP contribution is 2.24. The highest BCUT2D eigenvalue weighted by molar-refractivity contribution is 5.24. The molecule has 0 bridgehead atoms. The fraction of sp³-hybridized carbons (Fsp3) is 0.471. The molecule has 0 spiro atoms. The van der Waals surface area contributed by atoms with E-state index in [2.05, 4.69) is 59.0 Å². The summed E-state index contributed by atoms with van der Waals surface area (Å²) >= 11 is 0. The van der Waals surface area contributed by atoms with Crippen LogP contribution in [-0.2, 0) is 17.8 Å². The Morgan fingerprint density at radius 2 is 2.19 bits per heavy atom. The van der Waals surface area contributed by atoms with Crippen molar-refractivity contribution in [1.29, 1.82) is 0 Å². The van der Waals surface area contributed by atoms with Crippen molar-refractivity contribution < 1.29 is 4.74 Å². The van der Waals surface area contributed by atoms with Gasteiger partial charge in [-0.25, -0.2) is 4.98 Å². The van der Waals surface area contributed by atoms with E-state index in [1.165, 1.54) is 11.1 Å². The van der Waals surface area contributed by atoms with Gasteiger partial charge in [-0.05, 0) is 31.6 Å². The van der Waals surface area contributed by atoms with Crippen molar-refractivity contribution >= 4 is 0 Å². The molecule has 1 atom stereocenters. The molecule has 112 valence electrons. The van der Waals surface area contributed by atoms with Crippen LogP contribution in [0, 0.1) is 0 Å². The monoisotopic (exact) mass is 285 g/mol. The Hall–Kier alpha value is -1.65. The van der Waals surface area contributed by atoms with E-state index >= 15 is 0 Å². The molecular formula is C17H23N3O. The van der Waals surface area contributed by atoms with E-state index in [-0.39, 0.29) is 0 Å². The van der Waals surface area contributed by atoms with Crippen molar-refractivity contribution in [3.8, 4) is 0 Å². The van der Waals surface area contributed by atoms with Crippen LogP contribution in [0.25, 0.3) is 0 Å². The molecule has 1 aliphatic heterocycles. The molecule has 1 fully saturated rings. The first-order valence-electron chi connectivity index (χ1n) is 7.53. The minimum absolute atomic E-state index is 0.449. The second-order valence-corrected chi connectivity index (χ2v) is 6.03. The smallest absolute Gasteiger partial charge is 0.114 e. The van der Waals surface area contributed by atoms with Crippen LogP contribution in [0.15, 0.2) is 36.7 Å². The summed E-state index contributed by atoms with van der Waals surface area (Å²) < 4.78 is 7.75. The summed E-state index contributed by atoms with van der Waals surface area (Å²) in [5, 5.41) is 0. The summed E-state index contributed by atoms with van der Waals surface area (Å²) in [5.74, 6) is 1.61. The maximum atomic E-state index is 5.49. The number of imidazole rings is 1. The second kappa shape index (κ2) is 6.41. The Bertz CT molecular complexity index is 585. The van der Waals surface area contributed by atoms with Crippen LogP contribution < -0.4 is 0 Å². The number of hydrogen-bond donors (Lipinski definition) is 0. The van der Waals surface area contributed by atoms with Gasteiger partial charge in [-0.3, -0.25) is 0 Å². The first kappa shape index (κ1) is 14.3. The lowest BCUT2D eigenvalue weighted by Gasteiger charge is -2.14. The molecule has 0 radical (unpaired) electrons. The molecule has 2 heterocycles. The maximum absolute atomic E-state index is 5.49. The highest BCUT2D eigenvalue weighted by atomic mass is 16.5. The van der Waals surface area contributed by atoms with Gasteiger partial charge in [-0.1, -0.05) is 24.3 Å². The molecule has 4 nitrogen and oxygen atoms in total. The topological polar surface area (TPSA) is 30.3 Å². The van der Waals surface area contributed by atoms with Gasteiger partial charge in [-0.2, -0.15) is 0 Å². The molecule has 0 aliphatic carbocycles. The first-order valence-corrected chi connectivity index (χ1v) is 7.53. The number of rotatable bonds is 5. The second-order valence-electron chi connectivity index (χ2n) is 6.03. The van der Waals surface area contributed by atoms with Crippen LogP contribution in [0.4, 0.5) is 0 Å². The SMILES string of the molecule is CN(C)Cc1cccc(Cn2ccnc2C2CCOC2)c1. The molecule has 3 rings (SSSR count). The molecular weight excluding hydrogens is 262 g/mol. The third-order valence-electron chi connectivity index (χ3n) is 3.89. The van der Waals surface area contributed by atoms with Gasteiger partial charge in [0.05, 0.1) is 6.61 Å².